The number of carbonyl (C=O) groups is 3. The number of benzene rings is 1. The molecular formula is C10H7BrN2O3. The molecule has 16 heavy (non-hydrogen) atoms. The van der Waals surface area contributed by atoms with Crippen molar-refractivity contribution in [3.05, 3.63) is 28.7 Å². The van der Waals surface area contributed by atoms with Gasteiger partial charge in [-0.2, -0.15) is 0 Å². The van der Waals surface area contributed by atoms with Crippen molar-refractivity contribution >= 4 is 39.5 Å². The van der Waals surface area contributed by atoms with E-state index in [1.54, 1.807) is 24.3 Å². The SMILES string of the molecule is O=C1CC(=O)N(c2ccccc2Br)C(=O)N1. The predicted octanol–water partition coefficient (Wildman–Crippen LogP) is 1.42. The molecule has 0 aromatic heterocycles. The van der Waals surface area contributed by atoms with Crippen LogP contribution in [-0.4, -0.2) is 17.8 Å². The van der Waals surface area contributed by atoms with E-state index >= 15 is 0 Å². The van der Waals surface area contributed by atoms with Gasteiger partial charge in [0.2, 0.25) is 11.8 Å². The molecule has 1 N–H and O–H groups in total. The second-order valence-corrected chi connectivity index (χ2v) is 4.07. The van der Waals surface area contributed by atoms with Crippen molar-refractivity contribution < 1.29 is 14.4 Å². The summed E-state index contributed by atoms with van der Waals surface area (Å²) in [5.74, 6) is -1.10. The van der Waals surface area contributed by atoms with E-state index in [0.717, 1.165) is 4.90 Å². The van der Waals surface area contributed by atoms with Crippen LogP contribution in [0.3, 0.4) is 0 Å². The Kier molecular flexibility index (Phi) is 2.74. The lowest BCUT2D eigenvalue weighted by atomic mass is 10.2. The standard InChI is InChI=1S/C10H7BrN2O3/c11-6-3-1-2-4-7(6)13-9(15)5-8(14)12-10(13)16/h1-4H,5H2,(H,12,14,16). The van der Waals surface area contributed by atoms with Crippen molar-refractivity contribution in [3.8, 4) is 0 Å². The largest absolute Gasteiger partial charge is 0.335 e. The molecule has 2 rings (SSSR count). The Hall–Kier alpha value is -1.69. The van der Waals surface area contributed by atoms with Gasteiger partial charge in [0, 0.05) is 4.47 Å². The molecule has 0 radical (unpaired) electrons. The summed E-state index contributed by atoms with van der Waals surface area (Å²) in [5, 5.41) is 2.09. The molecule has 4 amide bonds. The van der Waals surface area contributed by atoms with Gasteiger partial charge in [-0.1, -0.05) is 12.1 Å². The van der Waals surface area contributed by atoms with E-state index in [1.807, 2.05) is 0 Å². The van der Waals surface area contributed by atoms with Crippen molar-refractivity contribution in [1.29, 1.82) is 0 Å². The highest BCUT2D eigenvalue weighted by molar-refractivity contribution is 9.10. The summed E-state index contributed by atoms with van der Waals surface area (Å²) in [6.45, 7) is 0. The van der Waals surface area contributed by atoms with Crippen LogP contribution in [0, 0.1) is 0 Å². The van der Waals surface area contributed by atoms with E-state index in [1.165, 1.54) is 0 Å². The molecule has 0 aliphatic carbocycles. The zero-order valence-electron chi connectivity index (χ0n) is 8.07. The van der Waals surface area contributed by atoms with E-state index in [0.29, 0.717) is 10.2 Å². The summed E-state index contributed by atoms with van der Waals surface area (Å²) >= 11 is 3.24. The number of carbonyl (C=O) groups excluding carboxylic acids is 3. The van der Waals surface area contributed by atoms with Gasteiger partial charge in [0.25, 0.3) is 0 Å². The quantitative estimate of drug-likeness (QED) is 0.793. The van der Waals surface area contributed by atoms with Crippen LogP contribution in [0.5, 0.6) is 0 Å². The minimum atomic E-state index is -0.715. The molecule has 1 heterocycles. The molecule has 0 spiro atoms. The van der Waals surface area contributed by atoms with Crippen LogP contribution in [-0.2, 0) is 9.59 Å². The average Bonchev–Trinajstić information content (AvgIpc) is 2.19. The van der Waals surface area contributed by atoms with E-state index in [-0.39, 0.29) is 6.42 Å². The van der Waals surface area contributed by atoms with Crippen LogP contribution in [0.2, 0.25) is 0 Å². The lowest BCUT2D eigenvalue weighted by Gasteiger charge is -2.25. The number of urea groups is 1. The molecule has 1 aliphatic heterocycles. The predicted molar refractivity (Wildman–Crippen MR) is 59.8 cm³/mol. The number of halogens is 1. The van der Waals surface area contributed by atoms with Gasteiger partial charge in [-0.3, -0.25) is 14.9 Å². The molecule has 1 fully saturated rings. The summed E-state index contributed by atoms with van der Waals surface area (Å²) in [5.41, 5.74) is 0.428. The molecule has 0 unspecified atom stereocenters. The fourth-order valence-corrected chi connectivity index (χ4v) is 1.89. The molecule has 6 heteroatoms. The Bertz CT molecular complexity index is 467. The second kappa shape index (κ2) is 4.05. The first-order chi connectivity index (χ1) is 7.59. The first-order valence-electron chi connectivity index (χ1n) is 4.51. The monoisotopic (exact) mass is 282 g/mol. The van der Waals surface area contributed by atoms with E-state index in [9.17, 15) is 14.4 Å². The fraction of sp³-hybridized carbons (Fsp3) is 0.100. The van der Waals surface area contributed by atoms with Crippen LogP contribution < -0.4 is 10.2 Å². The maximum atomic E-state index is 11.6. The fourth-order valence-electron chi connectivity index (χ4n) is 1.43. The van der Waals surface area contributed by atoms with Crippen LogP contribution in [0.15, 0.2) is 28.7 Å². The van der Waals surface area contributed by atoms with Crippen LogP contribution in [0.4, 0.5) is 10.5 Å². The van der Waals surface area contributed by atoms with Gasteiger partial charge in [0.1, 0.15) is 6.42 Å². The minimum absolute atomic E-state index is 0.312. The number of hydrogen-bond acceptors (Lipinski definition) is 3. The molecule has 0 bridgehead atoms. The normalized spacial score (nSPS) is 16.3. The highest BCUT2D eigenvalue weighted by Gasteiger charge is 2.32. The van der Waals surface area contributed by atoms with Crippen LogP contribution in [0.25, 0.3) is 0 Å². The molecule has 1 aliphatic rings. The summed E-state index contributed by atoms with van der Waals surface area (Å²) in [7, 11) is 0. The summed E-state index contributed by atoms with van der Waals surface area (Å²) in [6, 6.07) is 6.10. The zero-order chi connectivity index (χ0) is 11.7. The number of anilines is 1. The Morgan fingerprint density at radius 1 is 1.19 bits per heavy atom. The second-order valence-electron chi connectivity index (χ2n) is 3.21. The van der Waals surface area contributed by atoms with E-state index in [2.05, 4.69) is 21.2 Å². The van der Waals surface area contributed by atoms with Crippen molar-refractivity contribution in [3.63, 3.8) is 0 Å². The first kappa shape index (κ1) is 10.8. The maximum absolute atomic E-state index is 11.6. The molecule has 0 saturated carbocycles. The van der Waals surface area contributed by atoms with Gasteiger partial charge in [-0.05, 0) is 28.1 Å². The molecule has 82 valence electrons. The van der Waals surface area contributed by atoms with Crippen molar-refractivity contribution in [2.24, 2.45) is 0 Å². The first-order valence-corrected chi connectivity index (χ1v) is 5.30. The van der Waals surface area contributed by atoms with Gasteiger partial charge in [0.05, 0.1) is 5.69 Å². The zero-order valence-corrected chi connectivity index (χ0v) is 9.65. The maximum Gasteiger partial charge on any atom is 0.335 e. The third kappa shape index (κ3) is 1.83. The molecule has 5 nitrogen and oxygen atoms in total. The molecule has 1 aromatic carbocycles. The lowest BCUT2D eigenvalue weighted by Crippen LogP contribution is -2.53. The van der Waals surface area contributed by atoms with E-state index in [4.69, 9.17) is 0 Å². The highest BCUT2D eigenvalue weighted by Crippen LogP contribution is 2.27. The third-order valence-electron chi connectivity index (χ3n) is 2.10. The van der Waals surface area contributed by atoms with Crippen molar-refractivity contribution in [2.45, 2.75) is 6.42 Å². The molecule has 1 saturated heterocycles. The Balaban J connectivity index is 2.41. The number of hydrogen-bond donors (Lipinski definition) is 1. The third-order valence-corrected chi connectivity index (χ3v) is 2.77. The number of amides is 4. The number of imide groups is 2. The Labute approximate surface area is 99.5 Å². The van der Waals surface area contributed by atoms with Gasteiger partial charge in [-0.15, -0.1) is 0 Å². The van der Waals surface area contributed by atoms with Crippen LogP contribution in [0.1, 0.15) is 6.42 Å². The summed E-state index contributed by atoms with van der Waals surface area (Å²) in [4.78, 5) is 35.0. The number of nitrogens with zero attached hydrogens (tertiary/aromatic N) is 1. The Morgan fingerprint density at radius 2 is 1.88 bits per heavy atom. The van der Waals surface area contributed by atoms with Gasteiger partial charge in [0.15, 0.2) is 0 Å². The number of nitrogens with one attached hydrogen (secondary N) is 1. The smallest absolute Gasteiger partial charge is 0.277 e. The van der Waals surface area contributed by atoms with Crippen molar-refractivity contribution in [1.82, 2.24) is 5.32 Å². The topological polar surface area (TPSA) is 66.5 Å². The number of para-hydroxylation sites is 1. The Morgan fingerprint density at radius 3 is 2.50 bits per heavy atom. The average molecular weight is 283 g/mol. The van der Waals surface area contributed by atoms with Gasteiger partial charge in [-0.25, -0.2) is 9.69 Å². The molecule has 1 aromatic rings. The summed E-state index contributed by atoms with van der Waals surface area (Å²) in [6.07, 6.45) is -0.312. The van der Waals surface area contributed by atoms with Gasteiger partial charge >= 0.3 is 6.03 Å². The minimum Gasteiger partial charge on any atom is -0.277 e. The lowest BCUT2D eigenvalue weighted by molar-refractivity contribution is -0.128. The number of barbiturate groups is 1. The number of rotatable bonds is 1. The highest BCUT2D eigenvalue weighted by atomic mass is 79.9. The molecular weight excluding hydrogens is 276 g/mol. The van der Waals surface area contributed by atoms with Crippen LogP contribution >= 0.6 is 15.9 Å². The van der Waals surface area contributed by atoms with Gasteiger partial charge < -0.3 is 0 Å². The van der Waals surface area contributed by atoms with Crippen molar-refractivity contribution in [2.75, 3.05) is 4.90 Å². The van der Waals surface area contributed by atoms with E-state index < -0.39 is 17.8 Å². The summed E-state index contributed by atoms with van der Waals surface area (Å²) < 4.78 is 0.618. The molecule has 0 atom stereocenters.